The molecule has 0 aromatic carbocycles. The van der Waals surface area contributed by atoms with Crippen molar-refractivity contribution < 1.29 is 13.7 Å². The van der Waals surface area contributed by atoms with Crippen LogP contribution in [0.2, 0.25) is 0 Å². The number of amides is 1. The first-order valence-corrected chi connectivity index (χ1v) is 8.71. The first-order valence-electron chi connectivity index (χ1n) is 8.71. The van der Waals surface area contributed by atoms with E-state index in [0.29, 0.717) is 24.5 Å². The van der Waals surface area contributed by atoms with E-state index in [1.54, 1.807) is 18.5 Å². The Morgan fingerprint density at radius 2 is 2.19 bits per heavy atom. The molecule has 1 aliphatic carbocycles. The summed E-state index contributed by atoms with van der Waals surface area (Å²) in [6.07, 6.45) is 5.81. The van der Waals surface area contributed by atoms with Crippen LogP contribution < -0.4 is 10.6 Å². The summed E-state index contributed by atoms with van der Waals surface area (Å²) in [6.45, 7) is 1.03. The van der Waals surface area contributed by atoms with Gasteiger partial charge in [-0.15, -0.1) is 0 Å². The molecule has 0 bridgehead atoms. The van der Waals surface area contributed by atoms with Crippen LogP contribution in [0.15, 0.2) is 51.7 Å². The van der Waals surface area contributed by atoms with Gasteiger partial charge in [-0.3, -0.25) is 9.78 Å². The van der Waals surface area contributed by atoms with Gasteiger partial charge in [-0.2, -0.15) is 0 Å². The van der Waals surface area contributed by atoms with Crippen LogP contribution in [0.3, 0.4) is 0 Å². The number of pyridine rings is 1. The van der Waals surface area contributed by atoms with Crippen LogP contribution in [0, 0.1) is 0 Å². The van der Waals surface area contributed by atoms with Crippen molar-refractivity contribution in [2.24, 2.45) is 0 Å². The molecule has 0 spiro atoms. The highest BCUT2D eigenvalue weighted by atomic mass is 16.5. The quantitative estimate of drug-likeness (QED) is 0.707. The Morgan fingerprint density at radius 3 is 3.00 bits per heavy atom. The van der Waals surface area contributed by atoms with E-state index in [1.807, 2.05) is 24.3 Å². The number of hydrogen-bond donors (Lipinski definition) is 2. The Labute approximate surface area is 150 Å². The molecule has 2 N–H and O–H groups in total. The molecule has 1 unspecified atom stereocenters. The van der Waals surface area contributed by atoms with Crippen LogP contribution in [-0.4, -0.2) is 22.1 Å². The number of fused-ring (bicyclic) bond motifs is 1. The van der Waals surface area contributed by atoms with Gasteiger partial charge in [0.2, 0.25) is 0 Å². The Hall–Kier alpha value is -2.93. The Morgan fingerprint density at radius 1 is 1.23 bits per heavy atom. The molecular formula is C19H20N4O3. The Kier molecular flexibility index (Phi) is 4.79. The minimum Gasteiger partial charge on any atom is -0.467 e. The lowest BCUT2D eigenvalue weighted by atomic mass is 9.92. The number of furan rings is 1. The standard InChI is InChI=1S/C19H20N4O3/c24-19(22-12-15-5-3-9-25-15)18-16-10-13(6-7-17(16)26-23-18)21-11-14-4-1-2-8-20-14/h1-5,8-9,13,21H,6-7,10-12H2,(H,22,24). The zero-order valence-electron chi connectivity index (χ0n) is 14.3. The number of aryl methyl sites for hydroxylation is 1. The average Bonchev–Trinajstić information content (AvgIpc) is 3.34. The fourth-order valence-corrected chi connectivity index (χ4v) is 3.17. The largest absolute Gasteiger partial charge is 0.467 e. The Balaban J connectivity index is 1.38. The van der Waals surface area contributed by atoms with E-state index in [9.17, 15) is 4.79 Å². The number of hydrogen-bond acceptors (Lipinski definition) is 6. The van der Waals surface area contributed by atoms with Gasteiger partial charge >= 0.3 is 0 Å². The van der Waals surface area contributed by atoms with E-state index < -0.39 is 0 Å². The highest BCUT2D eigenvalue weighted by molar-refractivity contribution is 5.93. The lowest BCUT2D eigenvalue weighted by Crippen LogP contribution is -2.35. The van der Waals surface area contributed by atoms with Crippen LogP contribution in [0.1, 0.15) is 39.7 Å². The summed E-state index contributed by atoms with van der Waals surface area (Å²) >= 11 is 0. The zero-order valence-corrected chi connectivity index (χ0v) is 14.3. The minimum absolute atomic E-state index is 0.239. The average molecular weight is 352 g/mol. The molecule has 1 aliphatic rings. The second-order valence-corrected chi connectivity index (χ2v) is 6.34. The molecule has 3 aromatic rings. The number of nitrogens with one attached hydrogen (secondary N) is 2. The van der Waals surface area contributed by atoms with Crippen LogP contribution in [0.25, 0.3) is 0 Å². The molecule has 1 atom stereocenters. The van der Waals surface area contributed by atoms with Gasteiger partial charge in [-0.25, -0.2) is 0 Å². The van der Waals surface area contributed by atoms with E-state index >= 15 is 0 Å². The second kappa shape index (κ2) is 7.53. The molecule has 7 heteroatoms. The van der Waals surface area contributed by atoms with Crippen LogP contribution in [0.4, 0.5) is 0 Å². The SMILES string of the molecule is O=C(NCc1ccco1)c1noc2c1CC(NCc1ccccn1)CC2. The number of nitrogens with zero attached hydrogens (tertiary/aromatic N) is 2. The second-order valence-electron chi connectivity index (χ2n) is 6.34. The topological polar surface area (TPSA) is 93.2 Å². The lowest BCUT2D eigenvalue weighted by molar-refractivity contribution is 0.0938. The lowest BCUT2D eigenvalue weighted by Gasteiger charge is -2.22. The molecule has 134 valence electrons. The van der Waals surface area contributed by atoms with E-state index in [0.717, 1.165) is 36.3 Å². The first kappa shape index (κ1) is 16.5. The third kappa shape index (κ3) is 3.67. The molecule has 0 fully saturated rings. The smallest absolute Gasteiger partial charge is 0.274 e. The molecule has 0 radical (unpaired) electrons. The molecule has 7 nitrogen and oxygen atoms in total. The maximum atomic E-state index is 12.5. The van der Waals surface area contributed by atoms with Gasteiger partial charge in [-0.05, 0) is 37.1 Å². The molecule has 1 amide bonds. The van der Waals surface area contributed by atoms with Gasteiger partial charge in [0.15, 0.2) is 5.69 Å². The fourth-order valence-electron chi connectivity index (χ4n) is 3.17. The number of carbonyl (C=O) groups excluding carboxylic acids is 1. The molecule has 4 rings (SSSR count). The highest BCUT2D eigenvalue weighted by Crippen LogP contribution is 2.25. The maximum Gasteiger partial charge on any atom is 0.274 e. The van der Waals surface area contributed by atoms with Crippen molar-refractivity contribution in [1.82, 2.24) is 20.8 Å². The fraction of sp³-hybridized carbons (Fsp3) is 0.316. The van der Waals surface area contributed by atoms with Crippen LogP contribution >= 0.6 is 0 Å². The van der Waals surface area contributed by atoms with E-state index in [1.165, 1.54) is 0 Å². The summed E-state index contributed by atoms with van der Waals surface area (Å²) < 4.78 is 10.6. The number of rotatable bonds is 6. The van der Waals surface area contributed by atoms with Gasteiger partial charge in [-0.1, -0.05) is 11.2 Å². The number of aromatic nitrogens is 2. The van der Waals surface area contributed by atoms with Gasteiger partial charge in [0, 0.05) is 30.8 Å². The van der Waals surface area contributed by atoms with Crippen molar-refractivity contribution in [2.75, 3.05) is 0 Å². The summed E-state index contributed by atoms with van der Waals surface area (Å²) in [6, 6.07) is 9.74. The zero-order chi connectivity index (χ0) is 17.8. The molecular weight excluding hydrogens is 332 g/mol. The molecule has 3 aromatic heterocycles. The van der Waals surface area contributed by atoms with Gasteiger partial charge in [0.1, 0.15) is 11.5 Å². The molecule has 0 aliphatic heterocycles. The van der Waals surface area contributed by atoms with E-state index in [4.69, 9.17) is 8.94 Å². The molecule has 26 heavy (non-hydrogen) atoms. The summed E-state index contributed by atoms with van der Waals surface area (Å²) in [5.74, 6) is 1.27. The van der Waals surface area contributed by atoms with Gasteiger partial charge < -0.3 is 19.6 Å². The predicted molar refractivity (Wildman–Crippen MR) is 93.3 cm³/mol. The van der Waals surface area contributed by atoms with Crippen molar-refractivity contribution >= 4 is 5.91 Å². The molecule has 0 saturated heterocycles. The monoisotopic (exact) mass is 352 g/mol. The predicted octanol–water partition coefficient (Wildman–Crippen LogP) is 2.24. The normalized spacial score (nSPS) is 16.2. The molecule has 3 heterocycles. The van der Waals surface area contributed by atoms with Crippen molar-refractivity contribution in [2.45, 2.75) is 38.4 Å². The van der Waals surface area contributed by atoms with Crippen molar-refractivity contribution in [3.05, 3.63) is 71.3 Å². The Bertz CT molecular complexity index is 858. The third-order valence-corrected chi connectivity index (χ3v) is 4.56. The molecule has 0 saturated carbocycles. The summed E-state index contributed by atoms with van der Waals surface area (Å²) in [5, 5.41) is 10.3. The highest BCUT2D eigenvalue weighted by Gasteiger charge is 2.28. The van der Waals surface area contributed by atoms with Crippen molar-refractivity contribution in [1.29, 1.82) is 0 Å². The van der Waals surface area contributed by atoms with Gasteiger partial charge in [0.25, 0.3) is 5.91 Å². The van der Waals surface area contributed by atoms with E-state index in [2.05, 4.69) is 20.8 Å². The van der Waals surface area contributed by atoms with Crippen molar-refractivity contribution in [3.63, 3.8) is 0 Å². The van der Waals surface area contributed by atoms with E-state index in [-0.39, 0.29) is 11.9 Å². The number of carbonyl (C=O) groups is 1. The maximum absolute atomic E-state index is 12.5. The minimum atomic E-state index is -0.239. The summed E-state index contributed by atoms with van der Waals surface area (Å²) in [7, 11) is 0. The summed E-state index contributed by atoms with van der Waals surface area (Å²) in [4.78, 5) is 16.8. The van der Waals surface area contributed by atoms with Crippen molar-refractivity contribution in [3.8, 4) is 0 Å². The van der Waals surface area contributed by atoms with Gasteiger partial charge in [0.05, 0.1) is 18.5 Å². The van der Waals surface area contributed by atoms with Crippen LogP contribution in [0.5, 0.6) is 0 Å². The summed E-state index contributed by atoms with van der Waals surface area (Å²) in [5.41, 5.74) is 2.27. The third-order valence-electron chi connectivity index (χ3n) is 4.56. The van der Waals surface area contributed by atoms with Crippen LogP contribution in [-0.2, 0) is 25.9 Å². The first-order chi connectivity index (χ1) is 12.8.